The maximum absolute atomic E-state index is 11.7. The maximum Gasteiger partial charge on any atom is 0.407 e. The van der Waals surface area contributed by atoms with Gasteiger partial charge in [-0.3, -0.25) is 4.79 Å². The third-order valence-corrected chi connectivity index (χ3v) is 4.86. The second-order valence-electron chi connectivity index (χ2n) is 7.44. The largest absolute Gasteiger partial charge is 0.481 e. The lowest BCUT2D eigenvalue weighted by Crippen LogP contribution is -2.50. The van der Waals surface area contributed by atoms with Gasteiger partial charge in [0.2, 0.25) is 0 Å². The van der Waals surface area contributed by atoms with Crippen molar-refractivity contribution in [2.45, 2.75) is 64.9 Å². The van der Waals surface area contributed by atoms with E-state index in [1.807, 2.05) is 20.8 Å². The van der Waals surface area contributed by atoms with Crippen molar-refractivity contribution in [2.24, 2.45) is 10.8 Å². The maximum atomic E-state index is 11.7. The molecule has 20 heavy (non-hydrogen) atoms. The minimum atomic E-state index is -0.647. The highest BCUT2D eigenvalue weighted by Gasteiger charge is 2.52. The van der Waals surface area contributed by atoms with E-state index in [1.165, 1.54) is 0 Å². The molecule has 2 N–H and O–H groups in total. The molecule has 3 aliphatic carbocycles. The molecule has 3 aliphatic rings. The van der Waals surface area contributed by atoms with Crippen LogP contribution in [0, 0.1) is 10.8 Å². The highest BCUT2D eigenvalue weighted by atomic mass is 16.6. The number of fused-ring (bicyclic) bond motifs is 3. The Kier molecular flexibility index (Phi) is 3.73. The summed E-state index contributed by atoms with van der Waals surface area (Å²) in [4.78, 5) is 23.1. The van der Waals surface area contributed by atoms with E-state index in [-0.39, 0.29) is 11.5 Å². The lowest BCUT2D eigenvalue weighted by molar-refractivity contribution is -0.158. The van der Waals surface area contributed by atoms with Crippen LogP contribution in [0.1, 0.15) is 59.3 Å². The van der Waals surface area contributed by atoms with Gasteiger partial charge in [0, 0.05) is 6.54 Å². The molecule has 1 amide bonds. The molecular formula is C15H25NO4. The molecule has 0 heterocycles. The molecule has 0 spiro atoms. The Bertz CT molecular complexity index is 386. The third-order valence-electron chi connectivity index (χ3n) is 4.86. The number of amides is 1. The molecule has 0 aromatic rings. The van der Waals surface area contributed by atoms with Crippen LogP contribution in [0.25, 0.3) is 0 Å². The van der Waals surface area contributed by atoms with Gasteiger partial charge in [-0.15, -0.1) is 0 Å². The van der Waals surface area contributed by atoms with Crippen molar-refractivity contribution in [1.29, 1.82) is 0 Å². The van der Waals surface area contributed by atoms with E-state index in [4.69, 9.17) is 4.74 Å². The van der Waals surface area contributed by atoms with Crippen LogP contribution in [0.2, 0.25) is 0 Å². The van der Waals surface area contributed by atoms with Crippen molar-refractivity contribution in [3.8, 4) is 0 Å². The van der Waals surface area contributed by atoms with Crippen molar-refractivity contribution >= 4 is 12.1 Å². The summed E-state index contributed by atoms with van der Waals surface area (Å²) in [5, 5.41) is 12.2. The number of rotatable bonds is 3. The Morgan fingerprint density at radius 3 is 2.00 bits per heavy atom. The second-order valence-corrected chi connectivity index (χ2v) is 7.44. The summed E-state index contributed by atoms with van der Waals surface area (Å²) in [5.74, 6) is -0.647. The number of alkyl carbamates (subject to hydrolysis) is 1. The molecule has 0 saturated heterocycles. The number of carboxylic acids is 1. The Balaban J connectivity index is 1.87. The monoisotopic (exact) mass is 283 g/mol. The van der Waals surface area contributed by atoms with Gasteiger partial charge in [-0.25, -0.2) is 4.79 Å². The van der Waals surface area contributed by atoms with Crippen LogP contribution in [0.5, 0.6) is 0 Å². The van der Waals surface area contributed by atoms with E-state index < -0.39 is 17.0 Å². The van der Waals surface area contributed by atoms with E-state index in [0.717, 1.165) is 38.5 Å². The van der Waals surface area contributed by atoms with Crippen LogP contribution in [0.15, 0.2) is 0 Å². The molecule has 0 aliphatic heterocycles. The summed E-state index contributed by atoms with van der Waals surface area (Å²) in [6, 6.07) is 0. The number of ether oxygens (including phenoxy) is 1. The van der Waals surface area contributed by atoms with Gasteiger partial charge in [-0.2, -0.15) is 0 Å². The lowest BCUT2D eigenvalue weighted by atomic mass is 9.54. The zero-order chi connectivity index (χ0) is 15.0. The number of hydrogen-bond acceptors (Lipinski definition) is 3. The molecule has 0 unspecified atom stereocenters. The summed E-state index contributed by atoms with van der Waals surface area (Å²) < 4.78 is 5.24. The van der Waals surface area contributed by atoms with Gasteiger partial charge in [0.05, 0.1) is 5.41 Å². The first-order valence-corrected chi connectivity index (χ1v) is 7.37. The quantitative estimate of drug-likeness (QED) is 0.835. The van der Waals surface area contributed by atoms with Crippen molar-refractivity contribution in [3.05, 3.63) is 0 Å². The van der Waals surface area contributed by atoms with E-state index >= 15 is 0 Å². The van der Waals surface area contributed by atoms with Gasteiger partial charge in [-0.1, -0.05) is 0 Å². The molecule has 0 radical (unpaired) electrons. The smallest absolute Gasteiger partial charge is 0.407 e. The fourth-order valence-electron chi connectivity index (χ4n) is 3.42. The van der Waals surface area contributed by atoms with E-state index in [0.29, 0.717) is 6.54 Å². The Labute approximate surface area is 120 Å². The number of nitrogens with one attached hydrogen (secondary N) is 1. The zero-order valence-corrected chi connectivity index (χ0v) is 12.6. The summed E-state index contributed by atoms with van der Waals surface area (Å²) in [6.07, 6.45) is 4.47. The van der Waals surface area contributed by atoms with Gasteiger partial charge >= 0.3 is 12.1 Å². The fourth-order valence-corrected chi connectivity index (χ4v) is 3.42. The molecule has 5 nitrogen and oxygen atoms in total. The lowest BCUT2D eigenvalue weighted by Gasteiger charge is -2.51. The molecule has 3 fully saturated rings. The minimum absolute atomic E-state index is 0.0775. The molecule has 5 heteroatoms. The highest BCUT2D eigenvalue weighted by molar-refractivity contribution is 5.75. The normalized spacial score (nSPS) is 32.8. The van der Waals surface area contributed by atoms with E-state index in [1.54, 1.807) is 0 Å². The van der Waals surface area contributed by atoms with Crippen LogP contribution >= 0.6 is 0 Å². The number of carbonyl (C=O) groups excluding carboxylic acids is 1. The van der Waals surface area contributed by atoms with Gasteiger partial charge in [0.15, 0.2) is 0 Å². The molecular weight excluding hydrogens is 258 g/mol. The van der Waals surface area contributed by atoms with Crippen LogP contribution in [-0.4, -0.2) is 29.3 Å². The molecule has 114 valence electrons. The predicted octanol–water partition coefficient (Wildman–Crippen LogP) is 2.94. The van der Waals surface area contributed by atoms with Crippen molar-refractivity contribution in [1.82, 2.24) is 5.32 Å². The number of carboxylic acid groups (broad SMARTS) is 1. The Morgan fingerprint density at radius 2 is 1.60 bits per heavy atom. The van der Waals surface area contributed by atoms with Gasteiger partial charge in [0.1, 0.15) is 5.60 Å². The molecule has 2 bridgehead atoms. The first kappa shape index (κ1) is 15.1. The van der Waals surface area contributed by atoms with Gasteiger partial charge < -0.3 is 15.2 Å². The van der Waals surface area contributed by atoms with Crippen molar-refractivity contribution < 1.29 is 19.4 Å². The van der Waals surface area contributed by atoms with Crippen molar-refractivity contribution in [2.75, 3.05) is 6.54 Å². The number of hydrogen-bond donors (Lipinski definition) is 2. The first-order chi connectivity index (χ1) is 9.17. The van der Waals surface area contributed by atoms with Crippen LogP contribution in [-0.2, 0) is 9.53 Å². The molecule has 0 aromatic carbocycles. The summed E-state index contributed by atoms with van der Waals surface area (Å²) >= 11 is 0. The average molecular weight is 283 g/mol. The third kappa shape index (κ3) is 3.07. The SMILES string of the molecule is CC(C)(C)OC(=O)NCC12CCC(C(=O)O)(CC1)CC2. The summed E-state index contributed by atoms with van der Waals surface area (Å²) in [7, 11) is 0. The summed E-state index contributed by atoms with van der Waals surface area (Å²) in [5.41, 5.74) is -0.902. The van der Waals surface area contributed by atoms with Crippen LogP contribution < -0.4 is 5.32 Å². The average Bonchev–Trinajstić information content (AvgIpc) is 2.37. The zero-order valence-electron chi connectivity index (χ0n) is 12.6. The fraction of sp³-hybridized carbons (Fsp3) is 0.867. The van der Waals surface area contributed by atoms with Gasteiger partial charge in [-0.05, 0) is 64.7 Å². The van der Waals surface area contributed by atoms with Gasteiger partial charge in [0.25, 0.3) is 0 Å². The summed E-state index contributed by atoms with van der Waals surface area (Å²) in [6.45, 7) is 6.12. The molecule has 3 rings (SSSR count). The Morgan fingerprint density at radius 1 is 1.10 bits per heavy atom. The molecule has 0 atom stereocenters. The highest BCUT2D eigenvalue weighted by Crippen LogP contribution is 2.56. The van der Waals surface area contributed by atoms with E-state index in [9.17, 15) is 14.7 Å². The topological polar surface area (TPSA) is 75.6 Å². The second kappa shape index (κ2) is 4.93. The predicted molar refractivity (Wildman–Crippen MR) is 74.4 cm³/mol. The van der Waals surface area contributed by atoms with Crippen molar-refractivity contribution in [3.63, 3.8) is 0 Å². The molecule has 0 aromatic heterocycles. The minimum Gasteiger partial charge on any atom is -0.481 e. The first-order valence-electron chi connectivity index (χ1n) is 7.37. The number of carbonyl (C=O) groups is 2. The number of aliphatic carboxylic acids is 1. The molecule has 3 saturated carbocycles. The van der Waals surface area contributed by atoms with Crippen LogP contribution in [0.3, 0.4) is 0 Å². The van der Waals surface area contributed by atoms with E-state index in [2.05, 4.69) is 5.32 Å². The Hall–Kier alpha value is -1.26. The standard InChI is InChI=1S/C15H25NO4/c1-13(2,3)20-12(19)16-10-14-4-7-15(8-5-14,9-6-14)11(17)18/h4-10H2,1-3H3,(H,16,19)(H,17,18). The van der Waals surface area contributed by atoms with Crippen LogP contribution in [0.4, 0.5) is 4.79 Å².